The van der Waals surface area contributed by atoms with Gasteiger partial charge in [0.05, 0.1) is 24.6 Å². The second-order valence-corrected chi connectivity index (χ2v) is 4.86. The molecule has 0 spiro atoms. The van der Waals surface area contributed by atoms with E-state index in [4.69, 9.17) is 16.3 Å². The molecule has 2 rings (SSSR count). The summed E-state index contributed by atoms with van der Waals surface area (Å²) in [4.78, 5) is 11.2. The Balaban J connectivity index is 1.71. The largest absolute Gasteiger partial charge is 0.380 e. The van der Waals surface area contributed by atoms with E-state index < -0.39 is 0 Å². The number of ether oxygens (including phenoxy) is 1. The van der Waals surface area contributed by atoms with E-state index in [1.54, 1.807) is 0 Å². The fourth-order valence-corrected chi connectivity index (χ4v) is 2.31. The number of nitrogens with zero attached hydrogens (tertiary/aromatic N) is 1. The van der Waals surface area contributed by atoms with Gasteiger partial charge in [-0.15, -0.1) is 0 Å². The Labute approximate surface area is 111 Å². The molecule has 1 aliphatic carbocycles. The first-order valence-electron chi connectivity index (χ1n) is 6.36. The highest BCUT2D eigenvalue weighted by molar-refractivity contribution is 6.32. The SMILES string of the molecule is O=c1[nH]ncc(NCCOC2CCCCC2)c1Cl. The molecule has 1 heterocycles. The predicted octanol–water partition coefficient (Wildman–Crippen LogP) is 2.18. The molecule has 1 aromatic heterocycles. The fourth-order valence-electron chi connectivity index (χ4n) is 2.15. The van der Waals surface area contributed by atoms with E-state index in [0.717, 1.165) is 12.8 Å². The van der Waals surface area contributed by atoms with Crippen LogP contribution in [0, 0.1) is 0 Å². The van der Waals surface area contributed by atoms with Crippen molar-refractivity contribution in [2.45, 2.75) is 38.2 Å². The number of nitrogens with one attached hydrogen (secondary N) is 2. The van der Waals surface area contributed by atoms with Gasteiger partial charge in [0.2, 0.25) is 0 Å². The smallest absolute Gasteiger partial charge is 0.285 e. The Kier molecular flexibility index (Phi) is 5.01. The van der Waals surface area contributed by atoms with Crippen LogP contribution in [0.5, 0.6) is 0 Å². The lowest BCUT2D eigenvalue weighted by Gasteiger charge is -2.22. The Morgan fingerprint density at radius 3 is 3.00 bits per heavy atom. The first-order valence-corrected chi connectivity index (χ1v) is 6.74. The van der Waals surface area contributed by atoms with E-state index >= 15 is 0 Å². The van der Waals surface area contributed by atoms with E-state index in [2.05, 4.69) is 15.5 Å². The zero-order valence-corrected chi connectivity index (χ0v) is 11.0. The number of rotatable bonds is 5. The van der Waals surface area contributed by atoms with Gasteiger partial charge in [-0.1, -0.05) is 30.9 Å². The molecule has 1 aliphatic rings. The van der Waals surface area contributed by atoms with Gasteiger partial charge < -0.3 is 10.1 Å². The minimum absolute atomic E-state index is 0.141. The maximum Gasteiger partial charge on any atom is 0.285 e. The molecule has 0 aromatic carbocycles. The zero-order chi connectivity index (χ0) is 12.8. The van der Waals surface area contributed by atoms with Crippen molar-refractivity contribution in [3.05, 3.63) is 21.6 Å². The van der Waals surface area contributed by atoms with E-state index in [9.17, 15) is 4.79 Å². The third-order valence-corrected chi connectivity index (χ3v) is 3.49. The number of anilines is 1. The van der Waals surface area contributed by atoms with Crippen molar-refractivity contribution < 1.29 is 4.74 Å². The lowest BCUT2D eigenvalue weighted by atomic mass is 9.98. The van der Waals surface area contributed by atoms with Gasteiger partial charge in [0.15, 0.2) is 0 Å². The normalized spacial score (nSPS) is 16.7. The number of hydrogen-bond acceptors (Lipinski definition) is 4. The molecule has 1 fully saturated rings. The third kappa shape index (κ3) is 3.71. The number of hydrogen-bond donors (Lipinski definition) is 2. The van der Waals surface area contributed by atoms with Gasteiger partial charge in [0, 0.05) is 6.54 Å². The standard InChI is InChI=1S/C12H18ClN3O2/c13-11-10(8-15-16-12(11)17)14-6-7-18-9-4-2-1-3-5-9/h8-9H,1-7H2,(H2,14,16,17). The summed E-state index contributed by atoms with van der Waals surface area (Å²) in [5.74, 6) is 0. The molecule has 0 bridgehead atoms. The van der Waals surface area contributed by atoms with Crippen molar-refractivity contribution in [1.29, 1.82) is 0 Å². The van der Waals surface area contributed by atoms with Gasteiger partial charge in [-0.2, -0.15) is 5.10 Å². The third-order valence-electron chi connectivity index (χ3n) is 3.12. The van der Waals surface area contributed by atoms with Crippen molar-refractivity contribution >= 4 is 17.3 Å². The molecule has 100 valence electrons. The Morgan fingerprint density at radius 1 is 1.44 bits per heavy atom. The molecule has 0 aliphatic heterocycles. The molecule has 0 saturated heterocycles. The molecule has 0 unspecified atom stereocenters. The summed E-state index contributed by atoms with van der Waals surface area (Å²) in [6.45, 7) is 1.25. The maximum absolute atomic E-state index is 11.2. The Hall–Kier alpha value is -1.07. The van der Waals surface area contributed by atoms with Gasteiger partial charge in [-0.3, -0.25) is 4.79 Å². The van der Waals surface area contributed by atoms with Crippen LogP contribution in [0.25, 0.3) is 0 Å². The fraction of sp³-hybridized carbons (Fsp3) is 0.667. The molecule has 0 radical (unpaired) electrons. The van der Waals surface area contributed by atoms with Gasteiger partial charge >= 0.3 is 0 Å². The zero-order valence-electron chi connectivity index (χ0n) is 10.2. The second-order valence-electron chi connectivity index (χ2n) is 4.48. The predicted molar refractivity (Wildman–Crippen MR) is 71.2 cm³/mol. The highest BCUT2D eigenvalue weighted by Crippen LogP contribution is 2.20. The molecule has 2 N–H and O–H groups in total. The van der Waals surface area contributed by atoms with Crippen molar-refractivity contribution in [3.8, 4) is 0 Å². The van der Waals surface area contributed by atoms with Crippen LogP contribution >= 0.6 is 11.6 Å². The number of aromatic amines is 1. The highest BCUT2D eigenvalue weighted by atomic mass is 35.5. The Bertz CT molecular complexity index is 430. The van der Waals surface area contributed by atoms with Crippen LogP contribution < -0.4 is 10.9 Å². The first-order chi connectivity index (χ1) is 8.77. The molecular formula is C12H18ClN3O2. The van der Waals surface area contributed by atoms with Crippen molar-refractivity contribution in [1.82, 2.24) is 10.2 Å². The average Bonchev–Trinajstić information content (AvgIpc) is 2.40. The molecule has 5 nitrogen and oxygen atoms in total. The van der Waals surface area contributed by atoms with Crippen LogP contribution in [0.15, 0.2) is 11.0 Å². The molecule has 0 atom stereocenters. The number of aromatic nitrogens is 2. The molecule has 18 heavy (non-hydrogen) atoms. The lowest BCUT2D eigenvalue weighted by molar-refractivity contribution is 0.0347. The summed E-state index contributed by atoms with van der Waals surface area (Å²) in [5, 5.41) is 9.16. The van der Waals surface area contributed by atoms with Crippen molar-refractivity contribution in [3.63, 3.8) is 0 Å². The van der Waals surface area contributed by atoms with Gasteiger partial charge in [-0.25, -0.2) is 5.10 Å². The summed E-state index contributed by atoms with van der Waals surface area (Å²) in [6, 6.07) is 0. The Morgan fingerprint density at radius 2 is 2.22 bits per heavy atom. The topological polar surface area (TPSA) is 67.0 Å². The summed E-state index contributed by atoms with van der Waals surface area (Å²) in [6.07, 6.45) is 8.08. The van der Waals surface area contributed by atoms with Crippen molar-refractivity contribution in [2.75, 3.05) is 18.5 Å². The lowest BCUT2D eigenvalue weighted by Crippen LogP contribution is -2.21. The minimum atomic E-state index is -0.380. The molecular weight excluding hydrogens is 254 g/mol. The van der Waals surface area contributed by atoms with Crippen LogP contribution in [0.4, 0.5) is 5.69 Å². The van der Waals surface area contributed by atoms with E-state index in [0.29, 0.717) is 24.9 Å². The number of halogens is 1. The molecule has 1 aromatic rings. The second kappa shape index (κ2) is 6.75. The van der Waals surface area contributed by atoms with E-state index in [1.807, 2.05) is 0 Å². The highest BCUT2D eigenvalue weighted by Gasteiger charge is 2.13. The van der Waals surface area contributed by atoms with Gasteiger partial charge in [0.25, 0.3) is 5.56 Å². The average molecular weight is 272 g/mol. The minimum Gasteiger partial charge on any atom is -0.380 e. The molecule has 6 heteroatoms. The van der Waals surface area contributed by atoms with Crippen LogP contribution in [0.3, 0.4) is 0 Å². The van der Waals surface area contributed by atoms with E-state index in [-0.39, 0.29) is 10.6 Å². The van der Waals surface area contributed by atoms with E-state index in [1.165, 1.54) is 25.5 Å². The van der Waals surface area contributed by atoms with Gasteiger partial charge in [-0.05, 0) is 12.8 Å². The first kappa shape index (κ1) is 13.4. The van der Waals surface area contributed by atoms with Crippen LogP contribution in [0.2, 0.25) is 5.02 Å². The maximum atomic E-state index is 11.2. The molecule has 1 saturated carbocycles. The van der Waals surface area contributed by atoms with Crippen molar-refractivity contribution in [2.24, 2.45) is 0 Å². The summed E-state index contributed by atoms with van der Waals surface area (Å²) >= 11 is 5.83. The molecule has 0 amide bonds. The van der Waals surface area contributed by atoms with Crippen LogP contribution in [-0.4, -0.2) is 29.5 Å². The van der Waals surface area contributed by atoms with Crippen LogP contribution in [0.1, 0.15) is 32.1 Å². The summed E-state index contributed by atoms with van der Waals surface area (Å²) in [5.41, 5.74) is 0.169. The summed E-state index contributed by atoms with van der Waals surface area (Å²) < 4.78 is 5.76. The monoisotopic (exact) mass is 271 g/mol. The summed E-state index contributed by atoms with van der Waals surface area (Å²) in [7, 11) is 0. The van der Waals surface area contributed by atoms with Crippen LogP contribution in [-0.2, 0) is 4.74 Å². The van der Waals surface area contributed by atoms with Gasteiger partial charge in [0.1, 0.15) is 5.02 Å². The quantitative estimate of drug-likeness (QED) is 0.806. The number of H-pyrrole nitrogens is 1.